The van der Waals surface area contributed by atoms with Crippen molar-refractivity contribution in [2.24, 2.45) is 11.8 Å². The van der Waals surface area contributed by atoms with Crippen LogP contribution in [-0.2, 0) is 4.74 Å². The fourth-order valence-corrected chi connectivity index (χ4v) is 5.15. The number of aromatic nitrogens is 4. The van der Waals surface area contributed by atoms with E-state index in [0.717, 1.165) is 17.7 Å². The van der Waals surface area contributed by atoms with E-state index in [2.05, 4.69) is 32.9 Å². The van der Waals surface area contributed by atoms with E-state index < -0.39 is 24.5 Å². The Morgan fingerprint density at radius 2 is 2.08 bits per heavy atom. The molecule has 1 aliphatic heterocycles. The number of thiol groups is 1. The van der Waals surface area contributed by atoms with Crippen molar-refractivity contribution < 1.29 is 14.9 Å². The van der Waals surface area contributed by atoms with Gasteiger partial charge in [-0.1, -0.05) is 6.42 Å². The number of imidazole rings is 1. The van der Waals surface area contributed by atoms with Gasteiger partial charge >= 0.3 is 0 Å². The van der Waals surface area contributed by atoms with Crippen molar-refractivity contribution in [1.82, 2.24) is 19.5 Å². The molecule has 0 radical (unpaired) electrons. The maximum Gasteiger partial charge on any atom is 0.167 e. The molecule has 2 aromatic heterocycles. The number of fused-ring (bicyclic) bond motifs is 3. The van der Waals surface area contributed by atoms with Gasteiger partial charge in [-0.3, -0.25) is 4.57 Å². The molecule has 3 aliphatic rings. The van der Waals surface area contributed by atoms with Crippen LogP contribution >= 0.6 is 12.6 Å². The van der Waals surface area contributed by atoms with Gasteiger partial charge in [0.1, 0.15) is 18.5 Å². The maximum absolute atomic E-state index is 10.3. The number of nitrogens with zero attached hydrogens (tertiary/aromatic N) is 4. The highest BCUT2D eigenvalue weighted by Gasteiger charge is 2.44. The summed E-state index contributed by atoms with van der Waals surface area (Å²) in [6, 6.07) is 0.445. The van der Waals surface area contributed by atoms with Gasteiger partial charge in [0.05, 0.1) is 12.4 Å². The molecule has 0 spiro atoms. The lowest BCUT2D eigenvalue weighted by atomic mass is 9.95. The van der Waals surface area contributed by atoms with Crippen LogP contribution in [0.2, 0.25) is 0 Å². The molecule has 3 fully saturated rings. The summed E-state index contributed by atoms with van der Waals surface area (Å²) in [6.07, 6.45) is 4.93. The second-order valence-corrected chi connectivity index (χ2v) is 8.07. The molecule has 8 nitrogen and oxygen atoms in total. The van der Waals surface area contributed by atoms with E-state index in [0.29, 0.717) is 23.0 Å². The molecule has 2 bridgehead atoms. The van der Waals surface area contributed by atoms with E-state index in [4.69, 9.17) is 4.74 Å². The molecule has 0 amide bonds. The molecule has 2 aromatic rings. The fourth-order valence-electron chi connectivity index (χ4n) is 4.85. The lowest BCUT2D eigenvalue weighted by Gasteiger charge is -2.23. The highest BCUT2D eigenvalue weighted by atomic mass is 32.1. The molecule has 2 aliphatic carbocycles. The van der Waals surface area contributed by atoms with Crippen LogP contribution in [0.1, 0.15) is 31.9 Å². The lowest BCUT2D eigenvalue weighted by Crippen LogP contribution is -2.32. The van der Waals surface area contributed by atoms with Gasteiger partial charge in [-0.05, 0) is 31.1 Å². The van der Waals surface area contributed by atoms with E-state index in [9.17, 15) is 10.2 Å². The molecule has 3 heterocycles. The number of hydrogen-bond acceptors (Lipinski definition) is 8. The molecule has 2 saturated carbocycles. The van der Waals surface area contributed by atoms with Crippen LogP contribution in [0, 0.1) is 11.8 Å². The molecule has 7 atom stereocenters. The first kappa shape index (κ1) is 16.7. The minimum Gasteiger partial charge on any atom is -0.387 e. The number of ether oxygens (including phenoxy) is 1. The number of aliphatic hydroxyl groups is 2. The van der Waals surface area contributed by atoms with Crippen molar-refractivity contribution in [2.75, 3.05) is 11.1 Å². The van der Waals surface area contributed by atoms with E-state index in [1.807, 2.05) is 0 Å². The van der Waals surface area contributed by atoms with Crippen molar-refractivity contribution in [3.63, 3.8) is 0 Å². The van der Waals surface area contributed by atoms with Gasteiger partial charge in [0, 0.05) is 11.8 Å². The van der Waals surface area contributed by atoms with Crippen LogP contribution in [0.4, 0.5) is 5.82 Å². The van der Waals surface area contributed by atoms with Gasteiger partial charge in [0.2, 0.25) is 0 Å². The molecule has 140 valence electrons. The third kappa shape index (κ3) is 2.52. The van der Waals surface area contributed by atoms with Crippen LogP contribution in [0.3, 0.4) is 0 Å². The number of rotatable bonds is 4. The van der Waals surface area contributed by atoms with Gasteiger partial charge in [0.15, 0.2) is 23.2 Å². The van der Waals surface area contributed by atoms with E-state index in [-0.39, 0.29) is 0 Å². The zero-order chi connectivity index (χ0) is 17.8. The summed E-state index contributed by atoms with van der Waals surface area (Å²) < 4.78 is 7.43. The zero-order valence-corrected chi connectivity index (χ0v) is 15.2. The normalized spacial score (nSPS) is 39.1. The van der Waals surface area contributed by atoms with Crippen molar-refractivity contribution in [3.05, 3.63) is 12.7 Å². The summed E-state index contributed by atoms with van der Waals surface area (Å²) in [6.45, 7) is 0. The van der Waals surface area contributed by atoms with Crippen molar-refractivity contribution in [1.29, 1.82) is 0 Å². The van der Waals surface area contributed by atoms with Crippen molar-refractivity contribution >= 4 is 29.6 Å². The highest BCUT2D eigenvalue weighted by molar-refractivity contribution is 7.80. The Morgan fingerprint density at radius 3 is 2.77 bits per heavy atom. The summed E-state index contributed by atoms with van der Waals surface area (Å²) in [7, 11) is 0. The van der Waals surface area contributed by atoms with Crippen LogP contribution in [0.15, 0.2) is 12.7 Å². The predicted octanol–water partition coefficient (Wildman–Crippen LogP) is 0.976. The summed E-state index contributed by atoms with van der Waals surface area (Å²) in [4.78, 5) is 13.2. The maximum atomic E-state index is 10.3. The van der Waals surface area contributed by atoms with Gasteiger partial charge in [0.25, 0.3) is 0 Å². The quantitative estimate of drug-likeness (QED) is 0.589. The number of anilines is 1. The zero-order valence-electron chi connectivity index (χ0n) is 14.3. The summed E-state index contributed by atoms with van der Waals surface area (Å²) in [5, 5.41) is 24.0. The lowest BCUT2D eigenvalue weighted by molar-refractivity contribution is -0.0288. The Hall–Kier alpha value is -1.42. The molecule has 0 unspecified atom stereocenters. The molecular formula is C17H23N5O3S. The highest BCUT2D eigenvalue weighted by Crippen LogP contribution is 2.45. The average molecular weight is 377 g/mol. The van der Waals surface area contributed by atoms with E-state index in [1.165, 1.54) is 32.0 Å². The Labute approximate surface area is 156 Å². The largest absolute Gasteiger partial charge is 0.387 e. The summed E-state index contributed by atoms with van der Waals surface area (Å²) in [5.74, 6) is 2.62. The number of hydrogen-bond donors (Lipinski definition) is 4. The second-order valence-electron chi connectivity index (χ2n) is 7.70. The van der Waals surface area contributed by atoms with Gasteiger partial charge in [-0.25, -0.2) is 15.0 Å². The summed E-state index contributed by atoms with van der Waals surface area (Å²) >= 11 is 4.17. The van der Waals surface area contributed by atoms with Gasteiger partial charge in [-0.15, -0.1) is 0 Å². The molecule has 0 aromatic carbocycles. The third-order valence-electron chi connectivity index (χ3n) is 6.21. The topological polar surface area (TPSA) is 105 Å². The number of nitrogens with one attached hydrogen (secondary N) is 1. The minimum absolute atomic E-state index is 0.327. The SMILES string of the molecule is O[C@@H]1[C@H](O)[C@@H](CS)O[C@H]1n1cnc2c(N[C@H]3C[C@H]4CC[C@H]3C4)ncnc21. The smallest absolute Gasteiger partial charge is 0.167 e. The Bertz CT molecular complexity index is 817. The summed E-state index contributed by atoms with van der Waals surface area (Å²) in [5.41, 5.74) is 1.25. The number of aliphatic hydroxyl groups excluding tert-OH is 2. The first-order chi connectivity index (χ1) is 12.7. The van der Waals surface area contributed by atoms with Crippen molar-refractivity contribution in [3.8, 4) is 0 Å². The van der Waals surface area contributed by atoms with Crippen LogP contribution < -0.4 is 5.32 Å². The van der Waals surface area contributed by atoms with E-state index >= 15 is 0 Å². The Morgan fingerprint density at radius 1 is 1.19 bits per heavy atom. The van der Waals surface area contributed by atoms with Gasteiger partial charge < -0.3 is 20.3 Å². The molecule has 5 rings (SSSR count). The second kappa shape index (κ2) is 6.33. The molecule has 26 heavy (non-hydrogen) atoms. The predicted molar refractivity (Wildman–Crippen MR) is 98.0 cm³/mol. The molecule has 9 heteroatoms. The minimum atomic E-state index is -1.05. The average Bonchev–Trinajstić information content (AvgIpc) is 3.41. The molecular weight excluding hydrogens is 354 g/mol. The first-order valence-corrected chi connectivity index (χ1v) is 9.85. The third-order valence-corrected chi connectivity index (χ3v) is 6.57. The first-order valence-electron chi connectivity index (χ1n) is 9.22. The monoisotopic (exact) mass is 377 g/mol. The fraction of sp³-hybridized carbons (Fsp3) is 0.706. The Kier molecular flexibility index (Phi) is 4.07. The van der Waals surface area contributed by atoms with E-state index in [1.54, 1.807) is 10.9 Å². The van der Waals surface area contributed by atoms with Crippen molar-refractivity contribution in [2.45, 2.75) is 56.3 Å². The van der Waals surface area contributed by atoms with Gasteiger partial charge in [-0.2, -0.15) is 12.6 Å². The molecule has 1 saturated heterocycles. The van der Waals surface area contributed by atoms with Crippen LogP contribution in [0.5, 0.6) is 0 Å². The van der Waals surface area contributed by atoms with Crippen LogP contribution in [-0.4, -0.2) is 59.8 Å². The van der Waals surface area contributed by atoms with Crippen LogP contribution in [0.25, 0.3) is 11.2 Å². The Balaban J connectivity index is 1.44. The standard InChI is InChI=1S/C17H23N5O3S/c23-13-11(5-26)25-17(14(13)24)22-7-20-12-15(18-6-19-16(12)22)21-10-4-8-1-2-9(10)3-8/h6-11,13-14,17,23-24,26H,1-5H2,(H,18,19,21)/t8-,9-,10-,11+,13+,14+,17+/m0/s1. The molecule has 3 N–H and O–H groups in total.